The molecule has 1 nitrogen and oxygen atoms in total. The molecule has 0 bridgehead atoms. The maximum Gasteiger partial charge on any atom is 0.0547 e. The second kappa shape index (κ2) is 9.81. The quantitative estimate of drug-likeness (QED) is 0.199. The Balaban J connectivity index is 1.40. The maximum atomic E-state index is 2.49. The van der Waals surface area contributed by atoms with E-state index in [0.29, 0.717) is 0 Å². The third kappa shape index (κ3) is 3.90. The SMILES string of the molecule is c1ccc(-c2ccccc2N(c2ccc3c(c2)sc2ccccc23)c2cc3c4ccccc4sc3c3ccccc23)cc1. The summed E-state index contributed by atoms with van der Waals surface area (Å²) in [5, 5.41) is 7.79. The summed E-state index contributed by atoms with van der Waals surface area (Å²) in [4.78, 5) is 2.49. The van der Waals surface area contributed by atoms with Crippen molar-refractivity contribution in [2.45, 2.75) is 0 Å². The molecular weight excluding hydrogens is 559 g/mol. The van der Waals surface area contributed by atoms with Crippen LogP contribution in [0.2, 0.25) is 0 Å². The van der Waals surface area contributed by atoms with Crippen LogP contribution in [-0.4, -0.2) is 0 Å². The Bertz CT molecular complexity index is 2470. The zero-order valence-electron chi connectivity index (χ0n) is 23.2. The number of thiophene rings is 2. The van der Waals surface area contributed by atoms with Gasteiger partial charge in [-0.1, -0.05) is 115 Å². The molecule has 0 atom stereocenters. The molecule has 0 saturated carbocycles. The normalized spacial score (nSPS) is 11.7. The van der Waals surface area contributed by atoms with Gasteiger partial charge in [0.15, 0.2) is 0 Å². The van der Waals surface area contributed by atoms with Crippen LogP contribution in [0.15, 0.2) is 152 Å². The van der Waals surface area contributed by atoms with E-state index in [1.807, 2.05) is 22.7 Å². The van der Waals surface area contributed by atoms with Gasteiger partial charge in [0.2, 0.25) is 0 Å². The number of hydrogen-bond acceptors (Lipinski definition) is 3. The fourth-order valence-corrected chi connectivity index (χ4v) is 8.87. The maximum absolute atomic E-state index is 2.49. The molecule has 0 saturated heterocycles. The van der Waals surface area contributed by atoms with E-state index in [0.717, 1.165) is 11.4 Å². The highest BCUT2D eigenvalue weighted by Gasteiger charge is 2.22. The summed E-state index contributed by atoms with van der Waals surface area (Å²) in [7, 11) is 0. The van der Waals surface area contributed by atoms with Crippen LogP contribution in [0.5, 0.6) is 0 Å². The van der Waals surface area contributed by atoms with E-state index in [4.69, 9.17) is 0 Å². The lowest BCUT2D eigenvalue weighted by molar-refractivity contribution is 1.31. The summed E-state index contributed by atoms with van der Waals surface area (Å²) in [6.45, 7) is 0. The molecule has 7 aromatic carbocycles. The average Bonchev–Trinajstić information content (AvgIpc) is 3.64. The molecule has 0 unspecified atom stereocenters. The molecule has 3 heteroatoms. The minimum Gasteiger partial charge on any atom is -0.309 e. The van der Waals surface area contributed by atoms with Gasteiger partial charge in [-0.05, 0) is 42.0 Å². The number of anilines is 3. The second-order valence-electron chi connectivity index (χ2n) is 10.9. The van der Waals surface area contributed by atoms with Gasteiger partial charge in [-0.25, -0.2) is 0 Å². The van der Waals surface area contributed by atoms with Crippen LogP contribution in [-0.2, 0) is 0 Å². The van der Waals surface area contributed by atoms with Crippen LogP contribution in [0, 0.1) is 0 Å². The molecule has 0 aliphatic rings. The fourth-order valence-electron chi connectivity index (χ4n) is 6.50. The van der Waals surface area contributed by atoms with E-state index >= 15 is 0 Å². The van der Waals surface area contributed by atoms with Crippen molar-refractivity contribution in [3.63, 3.8) is 0 Å². The molecular formula is C40H25NS2. The average molecular weight is 584 g/mol. The highest BCUT2D eigenvalue weighted by molar-refractivity contribution is 7.26. The van der Waals surface area contributed by atoms with E-state index in [9.17, 15) is 0 Å². The van der Waals surface area contributed by atoms with Crippen LogP contribution < -0.4 is 4.90 Å². The van der Waals surface area contributed by atoms with Crippen LogP contribution in [0.4, 0.5) is 17.1 Å². The van der Waals surface area contributed by atoms with E-state index in [-0.39, 0.29) is 0 Å². The lowest BCUT2D eigenvalue weighted by Gasteiger charge is -2.29. The van der Waals surface area contributed by atoms with Gasteiger partial charge in [0.25, 0.3) is 0 Å². The Kier molecular flexibility index (Phi) is 5.62. The van der Waals surface area contributed by atoms with Gasteiger partial charge in [0, 0.05) is 62.4 Å². The number of hydrogen-bond donors (Lipinski definition) is 0. The van der Waals surface area contributed by atoms with E-state index in [1.54, 1.807) is 0 Å². The Morgan fingerprint density at radius 1 is 0.372 bits per heavy atom. The third-order valence-corrected chi connectivity index (χ3v) is 10.8. The van der Waals surface area contributed by atoms with Crippen LogP contribution >= 0.6 is 22.7 Å². The van der Waals surface area contributed by atoms with Crippen molar-refractivity contribution in [1.29, 1.82) is 0 Å². The highest BCUT2D eigenvalue weighted by atomic mass is 32.1. The van der Waals surface area contributed by atoms with Gasteiger partial charge in [-0.15, -0.1) is 22.7 Å². The summed E-state index contributed by atoms with van der Waals surface area (Å²) in [6.07, 6.45) is 0. The minimum atomic E-state index is 1.16. The Labute approximate surface area is 257 Å². The molecule has 0 amide bonds. The Morgan fingerprint density at radius 2 is 0.977 bits per heavy atom. The summed E-state index contributed by atoms with van der Waals surface area (Å²) >= 11 is 3.76. The van der Waals surface area contributed by atoms with Crippen molar-refractivity contribution < 1.29 is 0 Å². The summed E-state index contributed by atoms with van der Waals surface area (Å²) in [5.74, 6) is 0. The van der Waals surface area contributed by atoms with Crippen molar-refractivity contribution in [3.05, 3.63) is 152 Å². The Hall–Kier alpha value is -4.96. The molecule has 0 aliphatic carbocycles. The zero-order valence-corrected chi connectivity index (χ0v) is 24.8. The first-order valence-electron chi connectivity index (χ1n) is 14.5. The molecule has 9 aromatic rings. The predicted molar refractivity (Wildman–Crippen MR) is 190 cm³/mol. The zero-order chi connectivity index (χ0) is 28.3. The van der Waals surface area contributed by atoms with Crippen LogP contribution in [0.25, 0.3) is 62.2 Å². The molecule has 0 radical (unpaired) electrons. The topological polar surface area (TPSA) is 3.24 Å². The van der Waals surface area contributed by atoms with Gasteiger partial charge in [0.05, 0.1) is 11.4 Å². The first-order valence-corrected chi connectivity index (χ1v) is 16.2. The van der Waals surface area contributed by atoms with Gasteiger partial charge >= 0.3 is 0 Å². The number of nitrogens with zero attached hydrogens (tertiary/aromatic N) is 1. The molecule has 0 fully saturated rings. The largest absolute Gasteiger partial charge is 0.309 e. The lowest BCUT2D eigenvalue weighted by Crippen LogP contribution is -2.11. The van der Waals surface area contributed by atoms with Crippen LogP contribution in [0.1, 0.15) is 0 Å². The standard InChI is InChI=1S/C40H25NS2/c1-2-12-26(13-3-1)28-14-6-9-19-35(28)41(27-22-23-32-30-16-7-10-20-37(30)42-39(32)24-27)36-25-34-31-17-8-11-21-38(31)43-40(34)33-18-5-4-15-29(33)36/h1-25H. The van der Waals surface area contributed by atoms with Crippen molar-refractivity contribution in [3.8, 4) is 11.1 Å². The first-order chi connectivity index (χ1) is 21.3. The molecule has 2 heterocycles. The van der Waals surface area contributed by atoms with E-state index < -0.39 is 0 Å². The summed E-state index contributed by atoms with van der Waals surface area (Å²) in [6, 6.07) is 55.4. The summed E-state index contributed by atoms with van der Waals surface area (Å²) in [5.41, 5.74) is 5.93. The van der Waals surface area contributed by atoms with Crippen molar-refractivity contribution in [2.75, 3.05) is 4.90 Å². The molecule has 9 rings (SSSR count). The van der Waals surface area contributed by atoms with Crippen molar-refractivity contribution in [1.82, 2.24) is 0 Å². The molecule has 2 aromatic heterocycles. The number of benzene rings is 7. The molecule has 0 aliphatic heterocycles. The second-order valence-corrected chi connectivity index (χ2v) is 13.0. The highest BCUT2D eigenvalue weighted by Crippen LogP contribution is 2.49. The van der Waals surface area contributed by atoms with E-state index in [2.05, 4.69) is 157 Å². The Morgan fingerprint density at radius 3 is 1.79 bits per heavy atom. The number of fused-ring (bicyclic) bond motifs is 8. The fraction of sp³-hybridized carbons (Fsp3) is 0. The first kappa shape index (κ1) is 24.6. The number of para-hydroxylation sites is 1. The van der Waals surface area contributed by atoms with Crippen molar-refractivity contribution in [2.24, 2.45) is 0 Å². The molecule has 43 heavy (non-hydrogen) atoms. The molecule has 202 valence electrons. The van der Waals surface area contributed by atoms with Gasteiger partial charge in [-0.3, -0.25) is 0 Å². The van der Waals surface area contributed by atoms with Gasteiger partial charge < -0.3 is 4.90 Å². The third-order valence-electron chi connectivity index (χ3n) is 8.45. The predicted octanol–water partition coefficient (Wildman–Crippen LogP) is 12.7. The molecule has 0 N–H and O–H groups in total. The smallest absolute Gasteiger partial charge is 0.0547 e. The lowest BCUT2D eigenvalue weighted by atomic mass is 9.99. The monoisotopic (exact) mass is 583 g/mol. The van der Waals surface area contributed by atoms with Crippen molar-refractivity contribution >= 4 is 90.9 Å². The van der Waals surface area contributed by atoms with Crippen LogP contribution in [0.3, 0.4) is 0 Å². The van der Waals surface area contributed by atoms with Gasteiger partial charge in [-0.2, -0.15) is 0 Å². The summed E-state index contributed by atoms with van der Waals surface area (Å²) < 4.78 is 5.29. The minimum absolute atomic E-state index is 1.16. The number of rotatable bonds is 4. The van der Waals surface area contributed by atoms with E-state index in [1.165, 1.54) is 67.9 Å². The molecule has 0 spiro atoms. The van der Waals surface area contributed by atoms with Gasteiger partial charge in [0.1, 0.15) is 0 Å².